The van der Waals surface area contributed by atoms with Crippen LogP contribution in [0.4, 0.5) is 17.1 Å². The molecular formula is C15H13N3O3. The molecule has 0 saturated carbocycles. The number of nitro groups is 1. The number of aryl methyl sites for hydroxylation is 1. The summed E-state index contributed by atoms with van der Waals surface area (Å²) in [5, 5.41) is 23.0. The highest BCUT2D eigenvalue weighted by Gasteiger charge is 2.11. The van der Waals surface area contributed by atoms with Gasteiger partial charge in [0.1, 0.15) is 11.8 Å². The largest absolute Gasteiger partial charge is 0.497 e. The monoisotopic (exact) mass is 283 g/mol. The van der Waals surface area contributed by atoms with Crippen molar-refractivity contribution in [2.24, 2.45) is 0 Å². The summed E-state index contributed by atoms with van der Waals surface area (Å²) < 4.78 is 5.13. The Morgan fingerprint density at radius 2 is 1.95 bits per heavy atom. The Hall–Kier alpha value is -3.07. The first kappa shape index (κ1) is 14.3. The number of methoxy groups -OCH3 is 1. The molecular weight excluding hydrogens is 270 g/mol. The van der Waals surface area contributed by atoms with E-state index in [1.807, 2.05) is 25.1 Å². The molecule has 6 nitrogen and oxygen atoms in total. The van der Waals surface area contributed by atoms with Gasteiger partial charge in [-0.05, 0) is 36.8 Å². The third kappa shape index (κ3) is 3.09. The van der Waals surface area contributed by atoms with Gasteiger partial charge in [0.05, 0.1) is 23.3 Å². The Bertz CT molecular complexity index is 735. The van der Waals surface area contributed by atoms with Crippen LogP contribution < -0.4 is 10.1 Å². The lowest BCUT2D eigenvalue weighted by molar-refractivity contribution is -0.384. The van der Waals surface area contributed by atoms with Gasteiger partial charge < -0.3 is 10.1 Å². The number of hydrogen-bond acceptors (Lipinski definition) is 5. The van der Waals surface area contributed by atoms with Crippen LogP contribution >= 0.6 is 0 Å². The van der Waals surface area contributed by atoms with E-state index in [4.69, 9.17) is 10.00 Å². The zero-order valence-corrected chi connectivity index (χ0v) is 11.6. The molecule has 0 radical (unpaired) electrons. The van der Waals surface area contributed by atoms with E-state index >= 15 is 0 Å². The van der Waals surface area contributed by atoms with Gasteiger partial charge in [0.25, 0.3) is 5.69 Å². The first-order valence-electron chi connectivity index (χ1n) is 6.15. The van der Waals surface area contributed by atoms with Crippen molar-refractivity contribution in [3.05, 3.63) is 57.6 Å². The minimum atomic E-state index is -0.525. The molecule has 0 fully saturated rings. The predicted octanol–water partition coefficient (Wildman–Crippen LogP) is 3.53. The van der Waals surface area contributed by atoms with Crippen LogP contribution in [0.1, 0.15) is 11.1 Å². The summed E-state index contributed by atoms with van der Waals surface area (Å²) in [4.78, 5) is 10.2. The average Bonchev–Trinajstić information content (AvgIpc) is 2.49. The van der Waals surface area contributed by atoms with Crippen molar-refractivity contribution in [3.8, 4) is 11.8 Å². The minimum absolute atomic E-state index is 0.108. The molecule has 0 atom stereocenters. The lowest BCUT2D eigenvalue weighted by Crippen LogP contribution is -1.98. The van der Waals surface area contributed by atoms with Crippen molar-refractivity contribution < 1.29 is 9.66 Å². The number of rotatable bonds is 4. The molecule has 6 heteroatoms. The summed E-state index contributed by atoms with van der Waals surface area (Å²) in [5.41, 5.74) is 2.39. The van der Waals surface area contributed by atoms with Crippen LogP contribution in [0.5, 0.6) is 5.75 Å². The lowest BCUT2D eigenvalue weighted by atomic mass is 10.1. The topological polar surface area (TPSA) is 88.2 Å². The normalized spacial score (nSPS) is 9.76. The van der Waals surface area contributed by atoms with Gasteiger partial charge in [-0.25, -0.2) is 0 Å². The average molecular weight is 283 g/mol. The molecule has 0 aliphatic carbocycles. The molecule has 0 unspecified atom stereocenters. The molecule has 2 aromatic carbocycles. The van der Waals surface area contributed by atoms with Gasteiger partial charge in [-0.1, -0.05) is 0 Å². The van der Waals surface area contributed by atoms with E-state index in [-0.39, 0.29) is 11.3 Å². The first-order valence-corrected chi connectivity index (χ1v) is 6.15. The molecule has 0 spiro atoms. The quantitative estimate of drug-likeness (QED) is 0.685. The van der Waals surface area contributed by atoms with Crippen LogP contribution in [-0.2, 0) is 0 Å². The molecule has 0 amide bonds. The van der Waals surface area contributed by atoms with Crippen LogP contribution in [0.2, 0.25) is 0 Å². The highest BCUT2D eigenvalue weighted by Crippen LogP contribution is 2.28. The predicted molar refractivity (Wildman–Crippen MR) is 78.8 cm³/mol. The molecule has 0 aliphatic rings. The summed E-state index contributed by atoms with van der Waals surface area (Å²) in [6.45, 7) is 1.91. The van der Waals surface area contributed by atoms with E-state index in [2.05, 4.69) is 5.32 Å². The van der Waals surface area contributed by atoms with Crippen LogP contribution in [0.25, 0.3) is 0 Å². The first-order chi connectivity index (χ1) is 10.0. The number of anilines is 2. The van der Waals surface area contributed by atoms with Gasteiger partial charge >= 0.3 is 0 Å². The Labute approximate surface area is 121 Å². The highest BCUT2D eigenvalue weighted by atomic mass is 16.6. The lowest BCUT2D eigenvalue weighted by Gasteiger charge is -2.12. The zero-order valence-electron chi connectivity index (χ0n) is 11.6. The molecule has 2 aromatic rings. The second-order valence-electron chi connectivity index (χ2n) is 4.40. The van der Waals surface area contributed by atoms with Crippen molar-refractivity contribution in [2.45, 2.75) is 6.92 Å². The smallest absolute Gasteiger partial charge is 0.270 e. The maximum atomic E-state index is 10.7. The van der Waals surface area contributed by atoms with E-state index in [0.717, 1.165) is 17.0 Å². The molecule has 0 heterocycles. The number of nitro benzene ring substituents is 1. The summed E-state index contributed by atoms with van der Waals surface area (Å²) in [7, 11) is 1.59. The third-order valence-electron chi connectivity index (χ3n) is 3.04. The van der Waals surface area contributed by atoms with Gasteiger partial charge in [0.2, 0.25) is 0 Å². The Kier molecular flexibility index (Phi) is 4.05. The maximum absolute atomic E-state index is 10.7. The summed E-state index contributed by atoms with van der Waals surface area (Å²) >= 11 is 0. The van der Waals surface area contributed by atoms with Gasteiger partial charge in [-0.3, -0.25) is 10.1 Å². The van der Waals surface area contributed by atoms with Gasteiger partial charge in [0, 0.05) is 17.8 Å². The van der Waals surface area contributed by atoms with Gasteiger partial charge in [-0.15, -0.1) is 0 Å². The van der Waals surface area contributed by atoms with Crippen molar-refractivity contribution in [1.82, 2.24) is 0 Å². The third-order valence-corrected chi connectivity index (χ3v) is 3.04. The molecule has 0 saturated heterocycles. The van der Waals surface area contributed by atoms with Gasteiger partial charge in [-0.2, -0.15) is 5.26 Å². The fourth-order valence-corrected chi connectivity index (χ4v) is 1.90. The maximum Gasteiger partial charge on any atom is 0.270 e. The standard InChI is InChI=1S/C15H13N3O3/c1-10-7-13(21-2)4-6-14(10)17-15-5-3-12(18(19)20)8-11(15)9-16/h3-8,17H,1-2H3. The van der Waals surface area contributed by atoms with Crippen LogP contribution in [0.15, 0.2) is 36.4 Å². The number of nitrogens with one attached hydrogen (secondary N) is 1. The number of hydrogen-bond donors (Lipinski definition) is 1. The Morgan fingerprint density at radius 3 is 2.52 bits per heavy atom. The highest BCUT2D eigenvalue weighted by molar-refractivity contribution is 5.70. The number of ether oxygens (including phenoxy) is 1. The Morgan fingerprint density at radius 1 is 1.24 bits per heavy atom. The van der Waals surface area contributed by atoms with Crippen LogP contribution in [-0.4, -0.2) is 12.0 Å². The second-order valence-corrected chi connectivity index (χ2v) is 4.40. The van der Waals surface area contributed by atoms with E-state index in [0.29, 0.717) is 5.69 Å². The summed E-state index contributed by atoms with van der Waals surface area (Å²) in [5.74, 6) is 0.738. The molecule has 0 aromatic heterocycles. The van der Waals surface area contributed by atoms with Crippen LogP contribution in [0.3, 0.4) is 0 Å². The van der Waals surface area contributed by atoms with Crippen molar-refractivity contribution in [3.63, 3.8) is 0 Å². The van der Waals surface area contributed by atoms with E-state index in [1.165, 1.54) is 18.2 Å². The number of non-ortho nitro benzene ring substituents is 1. The molecule has 106 valence electrons. The van der Waals surface area contributed by atoms with Crippen molar-refractivity contribution in [1.29, 1.82) is 5.26 Å². The molecule has 0 bridgehead atoms. The van der Waals surface area contributed by atoms with Crippen molar-refractivity contribution in [2.75, 3.05) is 12.4 Å². The minimum Gasteiger partial charge on any atom is -0.497 e. The van der Waals surface area contributed by atoms with Crippen LogP contribution in [0, 0.1) is 28.4 Å². The van der Waals surface area contributed by atoms with E-state index in [1.54, 1.807) is 13.2 Å². The SMILES string of the molecule is COc1ccc(Nc2ccc([N+](=O)[O-])cc2C#N)c(C)c1. The Balaban J connectivity index is 2.36. The molecule has 0 aliphatic heterocycles. The summed E-state index contributed by atoms with van der Waals surface area (Å²) in [6.07, 6.45) is 0. The fourth-order valence-electron chi connectivity index (χ4n) is 1.90. The number of nitriles is 1. The number of nitrogens with zero attached hydrogens (tertiary/aromatic N) is 2. The van der Waals surface area contributed by atoms with E-state index < -0.39 is 4.92 Å². The molecule has 1 N–H and O–H groups in total. The number of benzene rings is 2. The molecule has 2 rings (SSSR count). The zero-order chi connectivity index (χ0) is 15.4. The second kappa shape index (κ2) is 5.92. The van der Waals surface area contributed by atoms with Gasteiger partial charge in [0.15, 0.2) is 0 Å². The van der Waals surface area contributed by atoms with Crippen molar-refractivity contribution >= 4 is 17.1 Å². The summed E-state index contributed by atoms with van der Waals surface area (Å²) in [6, 6.07) is 11.6. The van der Waals surface area contributed by atoms with E-state index in [9.17, 15) is 10.1 Å². The fraction of sp³-hybridized carbons (Fsp3) is 0.133. The molecule has 21 heavy (non-hydrogen) atoms.